The summed E-state index contributed by atoms with van der Waals surface area (Å²) in [4.78, 5) is 16.4. The fourth-order valence-corrected chi connectivity index (χ4v) is 2.22. The molecule has 1 heterocycles. The summed E-state index contributed by atoms with van der Waals surface area (Å²) < 4.78 is 0. The number of carbonyl (C=O) groups is 1. The maximum atomic E-state index is 12.4. The molecule has 1 amide bonds. The Morgan fingerprint density at radius 1 is 1.39 bits per heavy atom. The Balaban J connectivity index is 2.34. The van der Waals surface area contributed by atoms with Crippen molar-refractivity contribution in [2.24, 2.45) is 0 Å². The van der Waals surface area contributed by atoms with Crippen molar-refractivity contribution in [3.05, 3.63) is 52.3 Å². The van der Waals surface area contributed by atoms with Crippen LogP contribution in [-0.2, 0) is 0 Å². The zero-order valence-electron chi connectivity index (χ0n) is 12.6. The van der Waals surface area contributed by atoms with Gasteiger partial charge in [0.25, 0.3) is 5.91 Å². The fraction of sp³-hybridized carbons (Fsp3) is 0.125. The van der Waals surface area contributed by atoms with Gasteiger partial charge in [0.1, 0.15) is 16.9 Å². The minimum Gasteiger partial charge on any atom is -0.398 e. The Morgan fingerprint density at radius 3 is 2.70 bits per heavy atom. The summed E-state index contributed by atoms with van der Waals surface area (Å²) in [5.74, 6) is -0.410. The zero-order valence-corrected chi connectivity index (χ0v) is 13.3. The van der Waals surface area contributed by atoms with Crippen LogP contribution in [0.3, 0.4) is 0 Å². The molecule has 0 atom stereocenters. The van der Waals surface area contributed by atoms with Gasteiger partial charge in [0.2, 0.25) is 0 Å². The monoisotopic (exact) mass is 327 g/mol. The van der Waals surface area contributed by atoms with Crippen molar-refractivity contribution in [2.75, 3.05) is 11.1 Å². The molecule has 4 N–H and O–H groups in total. The van der Waals surface area contributed by atoms with Crippen LogP contribution in [0.25, 0.3) is 0 Å². The van der Waals surface area contributed by atoms with Gasteiger partial charge in [-0.3, -0.25) is 10.2 Å². The summed E-state index contributed by atoms with van der Waals surface area (Å²) in [6.07, 6.45) is 1.38. The van der Waals surface area contributed by atoms with Crippen molar-refractivity contribution in [1.29, 1.82) is 10.7 Å². The summed E-state index contributed by atoms with van der Waals surface area (Å²) in [6.45, 7) is 3.50. The topological polar surface area (TPSA) is 116 Å². The van der Waals surface area contributed by atoms with E-state index in [4.69, 9.17) is 28.0 Å². The molecule has 0 aliphatic carbocycles. The van der Waals surface area contributed by atoms with E-state index >= 15 is 0 Å². The number of halogens is 1. The van der Waals surface area contributed by atoms with Crippen molar-refractivity contribution in [3.8, 4) is 6.07 Å². The van der Waals surface area contributed by atoms with Crippen molar-refractivity contribution < 1.29 is 4.79 Å². The van der Waals surface area contributed by atoms with Gasteiger partial charge in [-0.15, -0.1) is 0 Å². The van der Waals surface area contributed by atoms with Gasteiger partial charge in [-0.05, 0) is 43.2 Å². The highest BCUT2D eigenvalue weighted by Crippen LogP contribution is 2.21. The van der Waals surface area contributed by atoms with Crippen LogP contribution >= 0.6 is 11.6 Å². The lowest BCUT2D eigenvalue weighted by Crippen LogP contribution is -2.16. The van der Waals surface area contributed by atoms with Gasteiger partial charge in [-0.25, -0.2) is 4.98 Å². The van der Waals surface area contributed by atoms with Crippen LogP contribution in [0.1, 0.15) is 32.7 Å². The number of nitrogens with zero attached hydrogens (tertiary/aromatic N) is 2. The number of aromatic nitrogens is 1. The number of pyridine rings is 1. The van der Waals surface area contributed by atoms with E-state index in [0.29, 0.717) is 33.6 Å². The van der Waals surface area contributed by atoms with Gasteiger partial charge in [-0.1, -0.05) is 11.6 Å². The molecule has 0 spiro atoms. The number of hydrogen-bond acceptors (Lipinski definition) is 5. The average Bonchev–Trinajstić information content (AvgIpc) is 2.51. The van der Waals surface area contributed by atoms with Crippen LogP contribution in [0.2, 0.25) is 0 Å². The second-order valence-electron chi connectivity index (χ2n) is 4.95. The van der Waals surface area contributed by atoms with Crippen LogP contribution in [-0.4, -0.2) is 16.1 Å². The third-order valence-electron chi connectivity index (χ3n) is 3.53. The highest BCUT2D eigenvalue weighted by atomic mass is 35.5. The maximum absolute atomic E-state index is 12.4. The first-order valence-corrected chi connectivity index (χ1v) is 7.04. The van der Waals surface area contributed by atoms with Crippen molar-refractivity contribution in [2.45, 2.75) is 13.8 Å². The molecule has 0 unspecified atom stereocenters. The molecule has 1 aromatic heterocycles. The Hall–Kier alpha value is -2.91. The maximum Gasteiger partial charge on any atom is 0.274 e. The van der Waals surface area contributed by atoms with E-state index in [1.807, 2.05) is 6.07 Å². The molecule has 0 aliphatic rings. The molecule has 23 heavy (non-hydrogen) atoms. The number of carbonyl (C=O) groups excluding carboxylic acids is 1. The lowest BCUT2D eigenvalue weighted by Gasteiger charge is -2.11. The lowest BCUT2D eigenvalue weighted by atomic mass is 10.0. The van der Waals surface area contributed by atoms with Gasteiger partial charge in [0.15, 0.2) is 0 Å². The summed E-state index contributed by atoms with van der Waals surface area (Å²) in [6, 6.07) is 6.73. The van der Waals surface area contributed by atoms with Gasteiger partial charge in [-0.2, -0.15) is 5.26 Å². The molecule has 0 bridgehead atoms. The van der Waals surface area contributed by atoms with Crippen LogP contribution in [0, 0.1) is 30.6 Å². The molecule has 2 rings (SSSR count). The molecule has 0 radical (unpaired) electrons. The molecule has 1 aromatic carbocycles. The summed E-state index contributed by atoms with van der Waals surface area (Å²) in [7, 11) is 0. The lowest BCUT2D eigenvalue weighted by molar-refractivity contribution is 0.102. The van der Waals surface area contributed by atoms with E-state index in [1.165, 1.54) is 12.3 Å². The predicted molar refractivity (Wildman–Crippen MR) is 89.9 cm³/mol. The highest BCUT2D eigenvalue weighted by molar-refractivity contribution is 6.69. The van der Waals surface area contributed by atoms with Crippen molar-refractivity contribution in [3.63, 3.8) is 0 Å². The highest BCUT2D eigenvalue weighted by Gasteiger charge is 2.15. The minimum atomic E-state index is -0.410. The molecular weight excluding hydrogens is 314 g/mol. The smallest absolute Gasteiger partial charge is 0.274 e. The predicted octanol–water partition coefficient (Wildman–Crippen LogP) is 2.97. The zero-order chi connectivity index (χ0) is 17.1. The fourth-order valence-electron chi connectivity index (χ4n) is 2.06. The van der Waals surface area contributed by atoms with E-state index in [0.717, 1.165) is 0 Å². The molecule has 6 nitrogen and oxygen atoms in total. The number of amides is 1. The standard InChI is InChI=1S/C16H14ClN5O/c1-8-9(2)14(21-7-10(8)6-18)16(23)22-11-3-4-13(19)12(5-11)15(17)20/h3-5,7,20H,19H2,1-2H3,(H,22,23). The van der Waals surface area contributed by atoms with Crippen LogP contribution in [0.5, 0.6) is 0 Å². The molecule has 0 saturated heterocycles. The molecule has 116 valence electrons. The van der Waals surface area contributed by atoms with Gasteiger partial charge >= 0.3 is 0 Å². The van der Waals surface area contributed by atoms with Crippen LogP contribution < -0.4 is 11.1 Å². The quantitative estimate of drug-likeness (QED) is 0.593. The van der Waals surface area contributed by atoms with E-state index in [9.17, 15) is 4.79 Å². The average molecular weight is 328 g/mol. The molecule has 0 fully saturated rings. The first kappa shape index (κ1) is 16.5. The van der Waals surface area contributed by atoms with E-state index in [2.05, 4.69) is 10.3 Å². The Kier molecular flexibility index (Phi) is 4.63. The SMILES string of the molecule is Cc1c(C#N)cnc(C(=O)Nc2ccc(N)c(C(=N)Cl)c2)c1C. The van der Waals surface area contributed by atoms with Gasteiger partial charge in [0, 0.05) is 23.1 Å². The Morgan fingerprint density at radius 2 is 2.09 bits per heavy atom. The number of nitrogens with two attached hydrogens (primary N) is 1. The number of benzene rings is 1. The largest absolute Gasteiger partial charge is 0.398 e. The summed E-state index contributed by atoms with van der Waals surface area (Å²) >= 11 is 5.66. The van der Waals surface area contributed by atoms with Crippen molar-refractivity contribution >= 4 is 34.1 Å². The van der Waals surface area contributed by atoms with Gasteiger partial charge < -0.3 is 11.1 Å². The first-order chi connectivity index (χ1) is 10.8. The summed E-state index contributed by atoms with van der Waals surface area (Å²) in [5, 5.41) is 18.9. The molecular formula is C16H14ClN5O. The molecule has 0 saturated carbocycles. The number of hydrogen-bond donors (Lipinski definition) is 3. The minimum absolute atomic E-state index is 0.206. The first-order valence-electron chi connectivity index (χ1n) is 6.66. The van der Waals surface area contributed by atoms with E-state index < -0.39 is 5.91 Å². The molecule has 7 heteroatoms. The molecule has 0 aliphatic heterocycles. The Bertz CT molecular complexity index is 854. The number of nitrogen functional groups attached to an aromatic ring is 1. The normalized spacial score (nSPS) is 10.0. The number of nitriles is 1. The summed E-state index contributed by atoms with van der Waals surface area (Å²) in [5.41, 5.74) is 8.90. The third-order valence-corrected chi connectivity index (χ3v) is 3.73. The van der Waals surface area contributed by atoms with E-state index in [1.54, 1.807) is 26.0 Å². The number of rotatable bonds is 3. The van der Waals surface area contributed by atoms with E-state index in [-0.39, 0.29) is 10.9 Å². The second-order valence-corrected chi connectivity index (χ2v) is 5.33. The van der Waals surface area contributed by atoms with Crippen LogP contribution in [0.15, 0.2) is 24.4 Å². The molecule has 2 aromatic rings. The third kappa shape index (κ3) is 3.30. The van der Waals surface area contributed by atoms with Crippen molar-refractivity contribution in [1.82, 2.24) is 4.98 Å². The van der Waals surface area contributed by atoms with Gasteiger partial charge in [0.05, 0.1) is 5.56 Å². The van der Waals surface area contributed by atoms with Crippen LogP contribution in [0.4, 0.5) is 11.4 Å². The number of anilines is 2. The Labute approximate surface area is 138 Å². The second kappa shape index (κ2) is 6.46. The number of nitrogens with one attached hydrogen (secondary N) is 2.